The van der Waals surface area contributed by atoms with Crippen LogP contribution in [0.2, 0.25) is 0 Å². The zero-order chi connectivity index (χ0) is 14.7. The lowest BCUT2D eigenvalue weighted by molar-refractivity contribution is -0.0373. The fraction of sp³-hybridized carbons (Fsp3) is 0.429. The molecule has 0 spiro atoms. The van der Waals surface area contributed by atoms with Gasteiger partial charge in [-0.05, 0) is 16.8 Å². The molecule has 1 aliphatic rings. The Kier molecular flexibility index (Phi) is 3.90. The van der Waals surface area contributed by atoms with E-state index in [4.69, 9.17) is 10.00 Å². The lowest BCUT2D eigenvalue weighted by Gasteiger charge is -2.31. The van der Waals surface area contributed by atoms with Crippen molar-refractivity contribution in [2.75, 3.05) is 19.7 Å². The quantitative estimate of drug-likeness (QED) is 0.823. The molecule has 2 aromatic rings. The molecule has 1 aliphatic heterocycles. The van der Waals surface area contributed by atoms with E-state index in [0.29, 0.717) is 19.0 Å². The summed E-state index contributed by atoms with van der Waals surface area (Å²) in [6.07, 6.45) is -0.165. The summed E-state index contributed by atoms with van der Waals surface area (Å²) in [4.78, 5) is 3.68. The van der Waals surface area contributed by atoms with Crippen molar-refractivity contribution in [2.24, 2.45) is 7.05 Å². The van der Waals surface area contributed by atoms with E-state index < -0.39 is 0 Å². The van der Waals surface area contributed by atoms with Gasteiger partial charge in [-0.15, -0.1) is 10.2 Å². The number of nitriles is 1. The normalized spacial score (nSPS) is 19.3. The highest BCUT2D eigenvalue weighted by atomic mass is 16.5. The van der Waals surface area contributed by atoms with Gasteiger partial charge >= 0.3 is 0 Å². The van der Waals surface area contributed by atoms with Crippen molar-refractivity contribution in [3.8, 4) is 6.07 Å². The summed E-state index contributed by atoms with van der Waals surface area (Å²) in [7, 11) is 1.74. The maximum atomic E-state index is 9.16. The summed E-state index contributed by atoms with van der Waals surface area (Å²) in [6, 6.07) is 9.91. The van der Waals surface area contributed by atoms with E-state index in [1.165, 1.54) is 4.80 Å². The van der Waals surface area contributed by atoms with Gasteiger partial charge in [0.25, 0.3) is 0 Å². The number of tetrazole rings is 1. The molecule has 7 heteroatoms. The Morgan fingerprint density at radius 2 is 2.29 bits per heavy atom. The van der Waals surface area contributed by atoms with Crippen LogP contribution in [0.4, 0.5) is 0 Å². The smallest absolute Gasteiger partial charge is 0.204 e. The van der Waals surface area contributed by atoms with E-state index in [2.05, 4.69) is 26.4 Å². The summed E-state index contributed by atoms with van der Waals surface area (Å²) in [5.41, 5.74) is 1.76. The van der Waals surface area contributed by atoms with Gasteiger partial charge in [0, 0.05) is 19.6 Å². The van der Waals surface area contributed by atoms with Gasteiger partial charge in [0.15, 0.2) is 0 Å². The fourth-order valence-corrected chi connectivity index (χ4v) is 2.44. The topological polar surface area (TPSA) is 79.9 Å². The average Bonchev–Trinajstić information content (AvgIpc) is 2.95. The molecule has 21 heavy (non-hydrogen) atoms. The molecule has 1 aromatic heterocycles. The summed E-state index contributed by atoms with van der Waals surface area (Å²) in [6.45, 7) is 2.88. The SMILES string of the molecule is Cn1nnc(C2CN(Cc3ccccc3C#N)CCO2)n1. The number of hydrogen-bond acceptors (Lipinski definition) is 6. The van der Waals surface area contributed by atoms with Gasteiger partial charge in [0.05, 0.1) is 25.3 Å². The minimum atomic E-state index is -0.165. The average molecular weight is 284 g/mol. The summed E-state index contributed by atoms with van der Waals surface area (Å²) in [5, 5.41) is 21.2. The first-order chi connectivity index (χ1) is 10.3. The molecule has 108 valence electrons. The van der Waals surface area contributed by atoms with Crippen LogP contribution in [-0.4, -0.2) is 44.8 Å². The predicted molar refractivity (Wildman–Crippen MR) is 73.9 cm³/mol. The fourth-order valence-electron chi connectivity index (χ4n) is 2.44. The number of aryl methyl sites for hydroxylation is 1. The van der Waals surface area contributed by atoms with E-state index >= 15 is 0 Å². The molecular formula is C14H16N6O. The standard InChI is InChI=1S/C14H16N6O/c1-19-17-14(16-18-19)13-10-20(6-7-21-13)9-12-5-3-2-4-11(12)8-15/h2-5,13H,6-7,9-10H2,1H3. The van der Waals surface area contributed by atoms with E-state index in [0.717, 1.165) is 24.2 Å². The van der Waals surface area contributed by atoms with E-state index in [1.54, 1.807) is 7.05 Å². The van der Waals surface area contributed by atoms with Crippen LogP contribution < -0.4 is 0 Å². The zero-order valence-electron chi connectivity index (χ0n) is 11.8. The number of benzene rings is 1. The first-order valence-corrected chi connectivity index (χ1v) is 6.82. The monoisotopic (exact) mass is 284 g/mol. The largest absolute Gasteiger partial charge is 0.367 e. The summed E-state index contributed by atoms with van der Waals surface area (Å²) < 4.78 is 5.72. The van der Waals surface area contributed by atoms with Crippen LogP contribution in [0, 0.1) is 11.3 Å². The molecule has 1 saturated heterocycles. The number of nitrogens with zero attached hydrogens (tertiary/aromatic N) is 6. The second kappa shape index (κ2) is 5.99. The lowest BCUT2D eigenvalue weighted by Crippen LogP contribution is -2.38. The third-order valence-electron chi connectivity index (χ3n) is 3.49. The Morgan fingerprint density at radius 3 is 3.05 bits per heavy atom. The molecule has 0 N–H and O–H groups in total. The van der Waals surface area contributed by atoms with Crippen molar-refractivity contribution in [1.82, 2.24) is 25.1 Å². The third-order valence-corrected chi connectivity index (χ3v) is 3.49. The van der Waals surface area contributed by atoms with Crippen molar-refractivity contribution in [1.29, 1.82) is 5.26 Å². The first-order valence-electron chi connectivity index (χ1n) is 6.82. The van der Waals surface area contributed by atoms with Crippen LogP contribution in [0.15, 0.2) is 24.3 Å². The second-order valence-electron chi connectivity index (χ2n) is 5.00. The summed E-state index contributed by atoms with van der Waals surface area (Å²) >= 11 is 0. The predicted octanol–water partition coefficient (Wildman–Crippen LogP) is 0.655. The van der Waals surface area contributed by atoms with Gasteiger partial charge in [-0.3, -0.25) is 4.90 Å². The van der Waals surface area contributed by atoms with Crippen molar-refractivity contribution in [2.45, 2.75) is 12.6 Å². The van der Waals surface area contributed by atoms with Gasteiger partial charge in [-0.25, -0.2) is 0 Å². The van der Waals surface area contributed by atoms with E-state index in [1.807, 2.05) is 24.3 Å². The molecule has 0 amide bonds. The molecule has 0 saturated carbocycles. The molecule has 1 fully saturated rings. The Labute approximate surface area is 122 Å². The minimum Gasteiger partial charge on any atom is -0.367 e. The molecule has 0 aliphatic carbocycles. The molecule has 0 bridgehead atoms. The van der Waals surface area contributed by atoms with Crippen molar-refractivity contribution < 1.29 is 4.74 Å². The highest BCUT2D eigenvalue weighted by Gasteiger charge is 2.25. The summed E-state index contributed by atoms with van der Waals surface area (Å²) in [5.74, 6) is 0.607. The Hall–Kier alpha value is -2.30. The maximum Gasteiger partial charge on any atom is 0.204 e. The second-order valence-corrected chi connectivity index (χ2v) is 5.00. The Bertz CT molecular complexity index is 661. The van der Waals surface area contributed by atoms with Crippen molar-refractivity contribution >= 4 is 0 Å². The van der Waals surface area contributed by atoms with Crippen LogP contribution in [0.5, 0.6) is 0 Å². The molecule has 7 nitrogen and oxygen atoms in total. The molecule has 0 radical (unpaired) electrons. The van der Waals surface area contributed by atoms with Crippen LogP contribution in [-0.2, 0) is 18.3 Å². The van der Waals surface area contributed by atoms with E-state index in [-0.39, 0.29) is 6.10 Å². The molecule has 1 atom stereocenters. The molecule has 1 aromatic carbocycles. The Balaban J connectivity index is 1.70. The third kappa shape index (κ3) is 3.07. The molecule has 1 unspecified atom stereocenters. The molecule has 2 heterocycles. The number of rotatable bonds is 3. The van der Waals surface area contributed by atoms with Crippen LogP contribution in [0.3, 0.4) is 0 Å². The minimum absolute atomic E-state index is 0.165. The lowest BCUT2D eigenvalue weighted by atomic mass is 10.1. The van der Waals surface area contributed by atoms with Crippen molar-refractivity contribution in [3.63, 3.8) is 0 Å². The van der Waals surface area contributed by atoms with Gasteiger partial charge < -0.3 is 4.74 Å². The van der Waals surface area contributed by atoms with Gasteiger partial charge in [0.1, 0.15) is 6.10 Å². The number of hydrogen-bond donors (Lipinski definition) is 0. The highest BCUT2D eigenvalue weighted by Crippen LogP contribution is 2.20. The van der Waals surface area contributed by atoms with Crippen LogP contribution in [0.25, 0.3) is 0 Å². The highest BCUT2D eigenvalue weighted by molar-refractivity contribution is 5.37. The van der Waals surface area contributed by atoms with Gasteiger partial charge in [-0.1, -0.05) is 18.2 Å². The number of ether oxygens (including phenoxy) is 1. The van der Waals surface area contributed by atoms with Crippen LogP contribution >= 0.6 is 0 Å². The zero-order valence-corrected chi connectivity index (χ0v) is 11.8. The van der Waals surface area contributed by atoms with E-state index in [9.17, 15) is 0 Å². The molecular weight excluding hydrogens is 268 g/mol. The number of morpholine rings is 1. The van der Waals surface area contributed by atoms with Crippen molar-refractivity contribution in [3.05, 3.63) is 41.2 Å². The first kappa shape index (κ1) is 13.7. The van der Waals surface area contributed by atoms with Crippen LogP contribution in [0.1, 0.15) is 23.1 Å². The number of aromatic nitrogens is 4. The molecule has 3 rings (SSSR count). The Morgan fingerprint density at radius 1 is 1.43 bits per heavy atom. The van der Waals surface area contributed by atoms with Gasteiger partial charge in [0.2, 0.25) is 5.82 Å². The van der Waals surface area contributed by atoms with Gasteiger partial charge in [-0.2, -0.15) is 10.1 Å². The maximum absolute atomic E-state index is 9.16.